The summed E-state index contributed by atoms with van der Waals surface area (Å²) in [7, 11) is 3.03. The molecule has 4 aromatic rings. The van der Waals surface area contributed by atoms with Gasteiger partial charge in [0.05, 0.1) is 25.4 Å². The fraction of sp³-hybridized carbons (Fsp3) is 0.0833. The first kappa shape index (κ1) is 24.7. The molecule has 0 saturated carbocycles. The van der Waals surface area contributed by atoms with E-state index >= 15 is 0 Å². The summed E-state index contributed by atoms with van der Waals surface area (Å²) in [5.41, 5.74) is 4.32. The molecule has 188 valence electrons. The van der Waals surface area contributed by atoms with Crippen molar-refractivity contribution in [1.82, 2.24) is 15.0 Å². The molecule has 13 nitrogen and oxygen atoms in total. The van der Waals surface area contributed by atoms with Crippen molar-refractivity contribution in [3.63, 3.8) is 0 Å². The summed E-state index contributed by atoms with van der Waals surface area (Å²) >= 11 is 0. The van der Waals surface area contributed by atoms with Crippen LogP contribution in [0.4, 0.5) is 34.9 Å². The molecule has 0 radical (unpaired) electrons. The van der Waals surface area contributed by atoms with Crippen molar-refractivity contribution in [1.29, 1.82) is 0 Å². The first-order valence-corrected chi connectivity index (χ1v) is 10.8. The number of nitrogens with one attached hydrogen (secondary N) is 3. The number of hydrogen-bond donors (Lipinski definition) is 4. The lowest BCUT2D eigenvalue weighted by molar-refractivity contribution is -0.384. The number of benzene rings is 3. The number of aromatic hydroxyl groups is 1. The highest BCUT2D eigenvalue weighted by molar-refractivity contribution is 5.85. The Kier molecular flexibility index (Phi) is 7.54. The van der Waals surface area contributed by atoms with E-state index in [1.54, 1.807) is 49.6 Å². The molecule has 0 bridgehead atoms. The highest BCUT2D eigenvalue weighted by Gasteiger charge is 2.10. The Morgan fingerprint density at radius 3 is 2.03 bits per heavy atom. The number of methoxy groups -OCH3 is 2. The summed E-state index contributed by atoms with van der Waals surface area (Å²) in [5, 5.41) is 31.3. The molecule has 37 heavy (non-hydrogen) atoms. The molecule has 0 atom stereocenters. The average molecular weight is 502 g/mol. The van der Waals surface area contributed by atoms with Gasteiger partial charge in [0.2, 0.25) is 17.8 Å². The van der Waals surface area contributed by atoms with Crippen molar-refractivity contribution >= 4 is 41.1 Å². The Hall–Kier alpha value is -5.46. The smallest absolute Gasteiger partial charge is 0.269 e. The standard InChI is InChI=1S/C24H22N8O5/c1-36-19-12-8-17(9-13-19)27-23-28-22(26-16-6-10-18(11-7-16)32(34)35)29-24(30-23)31-25-14-15-4-3-5-20(37-2)21(15)33/h3-14,33H,1-2H3,(H3,26,27,28,29,30,31)/b25-14-. The zero-order valence-electron chi connectivity index (χ0n) is 19.7. The van der Waals surface area contributed by atoms with E-state index in [9.17, 15) is 15.2 Å². The number of phenolic OH excluding ortho intramolecular Hbond substituents is 1. The van der Waals surface area contributed by atoms with Crippen LogP contribution in [0.15, 0.2) is 71.8 Å². The number of para-hydroxylation sites is 1. The SMILES string of the molecule is COc1ccc(Nc2nc(N/N=C\c3cccc(OC)c3O)nc(Nc3ccc([N+](=O)[O-])cc3)n2)cc1. The van der Waals surface area contributed by atoms with E-state index in [2.05, 4.69) is 36.1 Å². The summed E-state index contributed by atoms with van der Waals surface area (Å²) in [6.45, 7) is 0. The number of rotatable bonds is 10. The van der Waals surface area contributed by atoms with Gasteiger partial charge in [-0.25, -0.2) is 5.43 Å². The molecule has 4 rings (SSSR count). The molecule has 0 fully saturated rings. The molecule has 0 aliphatic heterocycles. The van der Waals surface area contributed by atoms with Crippen LogP contribution in [-0.2, 0) is 0 Å². The predicted octanol–water partition coefficient (Wildman–Crippen LogP) is 4.44. The molecule has 1 aromatic heterocycles. The molecule has 0 unspecified atom stereocenters. The number of phenols is 1. The Balaban J connectivity index is 1.59. The monoisotopic (exact) mass is 502 g/mol. The van der Waals surface area contributed by atoms with E-state index in [0.717, 1.165) is 0 Å². The Labute approximate surface area is 211 Å². The van der Waals surface area contributed by atoms with Crippen LogP contribution in [0.2, 0.25) is 0 Å². The largest absolute Gasteiger partial charge is 0.504 e. The highest BCUT2D eigenvalue weighted by atomic mass is 16.6. The van der Waals surface area contributed by atoms with Crippen LogP contribution in [0, 0.1) is 10.1 Å². The minimum absolute atomic E-state index is 0.0412. The quantitative estimate of drug-likeness (QED) is 0.137. The van der Waals surface area contributed by atoms with Crippen molar-refractivity contribution in [2.45, 2.75) is 0 Å². The van der Waals surface area contributed by atoms with Gasteiger partial charge in [-0.05, 0) is 48.5 Å². The van der Waals surface area contributed by atoms with Crippen LogP contribution >= 0.6 is 0 Å². The molecule has 1 heterocycles. The van der Waals surface area contributed by atoms with Gasteiger partial charge in [-0.1, -0.05) is 6.07 Å². The average Bonchev–Trinajstić information content (AvgIpc) is 2.90. The second-order valence-electron chi connectivity index (χ2n) is 7.36. The van der Waals surface area contributed by atoms with Gasteiger partial charge >= 0.3 is 0 Å². The van der Waals surface area contributed by atoms with E-state index < -0.39 is 4.92 Å². The summed E-state index contributed by atoms with van der Waals surface area (Å²) in [4.78, 5) is 23.4. The molecule has 0 aliphatic carbocycles. The minimum Gasteiger partial charge on any atom is -0.504 e. The maximum Gasteiger partial charge on any atom is 0.269 e. The fourth-order valence-electron chi connectivity index (χ4n) is 3.10. The summed E-state index contributed by atoms with van der Waals surface area (Å²) < 4.78 is 10.3. The first-order valence-electron chi connectivity index (χ1n) is 10.8. The Morgan fingerprint density at radius 1 is 0.865 bits per heavy atom. The van der Waals surface area contributed by atoms with Gasteiger partial charge in [-0.3, -0.25) is 10.1 Å². The number of hydrogen-bond acceptors (Lipinski definition) is 12. The summed E-state index contributed by atoms with van der Waals surface area (Å²) in [5.74, 6) is 1.39. The highest BCUT2D eigenvalue weighted by Crippen LogP contribution is 2.28. The minimum atomic E-state index is -0.482. The maximum absolute atomic E-state index is 10.9. The van der Waals surface area contributed by atoms with Crippen LogP contribution in [0.25, 0.3) is 0 Å². The lowest BCUT2D eigenvalue weighted by atomic mass is 10.2. The molecular weight excluding hydrogens is 480 g/mol. The van der Waals surface area contributed by atoms with Crippen molar-refractivity contribution in [2.75, 3.05) is 30.3 Å². The van der Waals surface area contributed by atoms with Crippen LogP contribution in [0.1, 0.15) is 5.56 Å². The third-order valence-electron chi connectivity index (χ3n) is 4.93. The van der Waals surface area contributed by atoms with Crippen LogP contribution in [0.3, 0.4) is 0 Å². The Morgan fingerprint density at radius 2 is 1.46 bits per heavy atom. The van der Waals surface area contributed by atoms with E-state index in [1.807, 2.05) is 0 Å². The molecule has 3 aromatic carbocycles. The van der Waals surface area contributed by atoms with E-state index in [-0.39, 0.29) is 29.3 Å². The van der Waals surface area contributed by atoms with Crippen molar-refractivity contribution in [3.05, 3.63) is 82.4 Å². The topological polar surface area (TPSA) is 169 Å². The third kappa shape index (κ3) is 6.36. The van der Waals surface area contributed by atoms with Crippen LogP contribution < -0.4 is 25.5 Å². The zero-order valence-corrected chi connectivity index (χ0v) is 19.7. The van der Waals surface area contributed by atoms with Gasteiger partial charge in [0, 0.05) is 29.1 Å². The fourth-order valence-corrected chi connectivity index (χ4v) is 3.10. The second kappa shape index (κ2) is 11.3. The number of non-ortho nitro benzene ring substituents is 1. The van der Waals surface area contributed by atoms with Crippen LogP contribution in [-0.4, -0.2) is 45.4 Å². The van der Waals surface area contributed by atoms with Gasteiger partial charge in [0.1, 0.15) is 5.75 Å². The predicted molar refractivity (Wildman–Crippen MR) is 138 cm³/mol. The first-order chi connectivity index (χ1) is 17.9. The number of anilines is 5. The number of hydrazone groups is 1. The van der Waals surface area contributed by atoms with E-state index in [4.69, 9.17) is 9.47 Å². The van der Waals surface area contributed by atoms with Crippen LogP contribution in [0.5, 0.6) is 17.2 Å². The van der Waals surface area contributed by atoms with E-state index in [0.29, 0.717) is 28.4 Å². The maximum atomic E-state index is 10.9. The van der Waals surface area contributed by atoms with Gasteiger partial charge in [-0.15, -0.1) is 0 Å². The molecule has 0 spiro atoms. The number of nitro groups is 1. The number of nitro benzene ring substituents is 1. The van der Waals surface area contributed by atoms with Gasteiger partial charge < -0.3 is 25.2 Å². The lowest BCUT2D eigenvalue weighted by Gasteiger charge is -2.10. The number of aromatic nitrogens is 3. The number of nitrogens with zero attached hydrogens (tertiary/aromatic N) is 5. The van der Waals surface area contributed by atoms with Gasteiger partial charge in [0.25, 0.3) is 5.69 Å². The number of ether oxygens (including phenoxy) is 2. The summed E-state index contributed by atoms with van der Waals surface area (Å²) in [6.07, 6.45) is 1.39. The third-order valence-corrected chi connectivity index (χ3v) is 4.93. The summed E-state index contributed by atoms with van der Waals surface area (Å²) in [6, 6.07) is 18.0. The molecule has 0 amide bonds. The van der Waals surface area contributed by atoms with Crippen molar-refractivity contribution in [3.8, 4) is 17.2 Å². The molecule has 13 heteroatoms. The van der Waals surface area contributed by atoms with Crippen molar-refractivity contribution in [2.24, 2.45) is 5.10 Å². The van der Waals surface area contributed by atoms with Gasteiger partial charge in [-0.2, -0.15) is 20.1 Å². The molecule has 0 aliphatic rings. The normalized spacial score (nSPS) is 10.6. The Bertz CT molecular complexity index is 1410. The molecule has 0 saturated heterocycles. The molecule has 4 N–H and O–H groups in total. The second-order valence-corrected chi connectivity index (χ2v) is 7.36. The molecular formula is C24H22N8O5. The lowest BCUT2D eigenvalue weighted by Crippen LogP contribution is -2.07. The van der Waals surface area contributed by atoms with Crippen molar-refractivity contribution < 1.29 is 19.5 Å². The zero-order chi connectivity index (χ0) is 26.2. The van der Waals surface area contributed by atoms with Gasteiger partial charge in [0.15, 0.2) is 11.5 Å². The van der Waals surface area contributed by atoms with E-state index in [1.165, 1.54) is 37.6 Å².